The Labute approximate surface area is 111 Å². The second-order valence-corrected chi connectivity index (χ2v) is 5.47. The number of nitrogens with one attached hydrogen (secondary N) is 1. The first-order chi connectivity index (χ1) is 9.04. The summed E-state index contributed by atoms with van der Waals surface area (Å²) in [5, 5.41) is 20.8. The zero-order chi connectivity index (χ0) is 13.6. The minimum Gasteiger partial charge on any atom is -0.507 e. The molecule has 3 N–H and O–H groups in total. The van der Waals surface area contributed by atoms with Crippen molar-refractivity contribution in [3.05, 3.63) is 29.5 Å². The van der Waals surface area contributed by atoms with Gasteiger partial charge in [-0.15, -0.1) is 0 Å². The van der Waals surface area contributed by atoms with E-state index < -0.39 is 11.4 Å². The van der Waals surface area contributed by atoms with E-state index in [1.165, 1.54) is 0 Å². The molecule has 19 heavy (non-hydrogen) atoms. The number of rotatable bonds is 2. The Kier molecular flexibility index (Phi) is 2.55. The Morgan fingerprint density at radius 3 is 2.63 bits per heavy atom. The predicted octanol–water partition coefficient (Wildman–Crippen LogP) is 3.08. The predicted molar refractivity (Wildman–Crippen MR) is 72.5 cm³/mol. The number of benzene rings is 1. The van der Waals surface area contributed by atoms with Crippen molar-refractivity contribution in [2.45, 2.75) is 38.0 Å². The van der Waals surface area contributed by atoms with Gasteiger partial charge in [0.05, 0.1) is 5.41 Å². The fourth-order valence-corrected chi connectivity index (χ4v) is 3.29. The molecule has 4 heteroatoms. The normalized spacial score (nSPS) is 17.9. The van der Waals surface area contributed by atoms with Gasteiger partial charge >= 0.3 is 5.97 Å². The van der Waals surface area contributed by atoms with Gasteiger partial charge in [0, 0.05) is 22.2 Å². The van der Waals surface area contributed by atoms with E-state index in [9.17, 15) is 15.0 Å². The number of phenols is 1. The van der Waals surface area contributed by atoms with E-state index in [-0.39, 0.29) is 5.75 Å². The van der Waals surface area contributed by atoms with Gasteiger partial charge in [0.1, 0.15) is 5.75 Å². The maximum absolute atomic E-state index is 11.7. The third-order valence-corrected chi connectivity index (χ3v) is 4.29. The molecule has 100 valence electrons. The largest absolute Gasteiger partial charge is 0.507 e. The molecule has 0 bridgehead atoms. The molecule has 1 saturated carbocycles. The minimum atomic E-state index is -0.913. The Bertz CT molecular complexity index is 651. The van der Waals surface area contributed by atoms with Crippen LogP contribution in [0, 0.1) is 6.92 Å². The summed E-state index contributed by atoms with van der Waals surface area (Å²) < 4.78 is 0. The molecule has 0 aliphatic heterocycles. The third kappa shape index (κ3) is 1.63. The molecule has 1 heterocycles. The highest BCUT2D eigenvalue weighted by Crippen LogP contribution is 2.46. The first-order valence-electron chi connectivity index (χ1n) is 6.60. The first-order valence-corrected chi connectivity index (χ1v) is 6.60. The van der Waals surface area contributed by atoms with E-state index in [0.717, 1.165) is 24.1 Å². The molecule has 0 unspecified atom stereocenters. The van der Waals surface area contributed by atoms with E-state index >= 15 is 0 Å². The van der Waals surface area contributed by atoms with Gasteiger partial charge in [0.15, 0.2) is 0 Å². The van der Waals surface area contributed by atoms with Crippen LogP contribution in [0.3, 0.4) is 0 Å². The van der Waals surface area contributed by atoms with Gasteiger partial charge in [0.2, 0.25) is 0 Å². The van der Waals surface area contributed by atoms with Crippen molar-refractivity contribution in [2.24, 2.45) is 0 Å². The summed E-state index contributed by atoms with van der Waals surface area (Å²) in [7, 11) is 0. The summed E-state index contributed by atoms with van der Waals surface area (Å²) in [5.74, 6) is -0.710. The molecule has 1 aromatic heterocycles. The van der Waals surface area contributed by atoms with Crippen LogP contribution in [-0.2, 0) is 10.2 Å². The van der Waals surface area contributed by atoms with Crippen LogP contribution in [0.2, 0.25) is 0 Å². The highest BCUT2D eigenvalue weighted by atomic mass is 16.4. The van der Waals surface area contributed by atoms with Crippen LogP contribution in [0.1, 0.15) is 36.9 Å². The topological polar surface area (TPSA) is 73.3 Å². The average Bonchev–Trinajstić information content (AvgIpc) is 2.96. The van der Waals surface area contributed by atoms with Gasteiger partial charge in [0.25, 0.3) is 0 Å². The van der Waals surface area contributed by atoms with Crippen LogP contribution in [0.5, 0.6) is 5.75 Å². The first kappa shape index (κ1) is 12.1. The number of hydrogen-bond donors (Lipinski definition) is 3. The molecule has 2 aromatic rings. The second kappa shape index (κ2) is 4.02. The maximum Gasteiger partial charge on any atom is 0.314 e. The van der Waals surface area contributed by atoms with Crippen LogP contribution in [0.25, 0.3) is 10.9 Å². The minimum absolute atomic E-state index is 0.117. The van der Waals surface area contributed by atoms with Gasteiger partial charge in [-0.3, -0.25) is 4.79 Å². The van der Waals surface area contributed by atoms with Crippen molar-refractivity contribution in [1.29, 1.82) is 0 Å². The van der Waals surface area contributed by atoms with Crippen molar-refractivity contribution in [2.75, 3.05) is 0 Å². The molecule has 0 saturated heterocycles. The number of aryl methyl sites for hydroxylation is 1. The van der Waals surface area contributed by atoms with E-state index in [4.69, 9.17) is 0 Å². The van der Waals surface area contributed by atoms with Gasteiger partial charge in [-0.1, -0.05) is 18.9 Å². The third-order valence-electron chi connectivity index (χ3n) is 4.29. The van der Waals surface area contributed by atoms with Gasteiger partial charge in [-0.05, 0) is 31.9 Å². The lowest BCUT2D eigenvalue weighted by Gasteiger charge is -2.25. The number of carboxylic acid groups (broad SMARTS) is 1. The van der Waals surface area contributed by atoms with Gasteiger partial charge in [-0.25, -0.2) is 0 Å². The lowest BCUT2D eigenvalue weighted by Crippen LogP contribution is -2.32. The number of hydrogen-bond acceptors (Lipinski definition) is 2. The van der Waals surface area contributed by atoms with Crippen molar-refractivity contribution < 1.29 is 15.0 Å². The molecule has 0 radical (unpaired) electrons. The van der Waals surface area contributed by atoms with Crippen molar-refractivity contribution in [1.82, 2.24) is 4.98 Å². The van der Waals surface area contributed by atoms with Gasteiger partial charge < -0.3 is 15.2 Å². The number of H-pyrrole nitrogens is 1. The van der Waals surface area contributed by atoms with Crippen molar-refractivity contribution >= 4 is 16.9 Å². The Morgan fingerprint density at radius 2 is 2.00 bits per heavy atom. The van der Waals surface area contributed by atoms with Crippen molar-refractivity contribution in [3.63, 3.8) is 0 Å². The van der Waals surface area contributed by atoms with E-state index in [1.54, 1.807) is 6.07 Å². The molecular formula is C15H17NO3. The Morgan fingerprint density at radius 1 is 1.32 bits per heavy atom. The molecule has 0 atom stereocenters. The van der Waals surface area contributed by atoms with Crippen LogP contribution in [-0.4, -0.2) is 21.2 Å². The number of carbonyl (C=O) groups is 1. The lowest BCUT2D eigenvalue weighted by molar-refractivity contribution is -0.143. The number of aromatic amines is 1. The molecule has 1 aliphatic carbocycles. The van der Waals surface area contributed by atoms with Gasteiger partial charge in [-0.2, -0.15) is 0 Å². The zero-order valence-electron chi connectivity index (χ0n) is 10.9. The molecule has 4 nitrogen and oxygen atoms in total. The number of aromatic nitrogens is 1. The molecule has 0 spiro atoms. The maximum atomic E-state index is 11.7. The number of fused-ring (bicyclic) bond motifs is 1. The fraction of sp³-hybridized carbons (Fsp3) is 0.400. The summed E-state index contributed by atoms with van der Waals surface area (Å²) in [4.78, 5) is 14.8. The monoisotopic (exact) mass is 259 g/mol. The summed E-state index contributed by atoms with van der Waals surface area (Å²) in [6.07, 6.45) is 3.00. The Hall–Kier alpha value is -1.97. The highest BCUT2D eigenvalue weighted by molar-refractivity contribution is 5.92. The number of aromatic hydroxyl groups is 1. The van der Waals surface area contributed by atoms with E-state index in [1.807, 2.05) is 19.1 Å². The molecule has 1 fully saturated rings. The Balaban J connectivity index is 2.24. The van der Waals surface area contributed by atoms with Crippen molar-refractivity contribution in [3.8, 4) is 5.75 Å². The summed E-state index contributed by atoms with van der Waals surface area (Å²) in [5.41, 5.74) is 1.45. The molecule has 1 aliphatic rings. The van der Waals surface area contributed by atoms with Crippen LogP contribution in [0.4, 0.5) is 0 Å². The average molecular weight is 259 g/mol. The second-order valence-electron chi connectivity index (χ2n) is 5.47. The zero-order valence-corrected chi connectivity index (χ0v) is 10.9. The molecule has 3 rings (SSSR count). The summed E-state index contributed by atoms with van der Waals surface area (Å²) in [6.45, 7) is 1.92. The SMILES string of the molecule is Cc1cc2c(O)c(C3(C(=O)O)CCCC3)ccc2[nH]1. The van der Waals surface area contributed by atoms with Crippen LogP contribution >= 0.6 is 0 Å². The number of phenolic OH excluding ortho intramolecular Hbond substituents is 1. The quantitative estimate of drug-likeness (QED) is 0.776. The number of aliphatic carboxylic acids is 1. The number of carboxylic acids is 1. The molecular weight excluding hydrogens is 242 g/mol. The van der Waals surface area contributed by atoms with E-state index in [0.29, 0.717) is 23.8 Å². The summed E-state index contributed by atoms with van der Waals surface area (Å²) >= 11 is 0. The van der Waals surface area contributed by atoms with Crippen LogP contribution < -0.4 is 0 Å². The molecule has 0 amide bonds. The fourth-order valence-electron chi connectivity index (χ4n) is 3.29. The standard InChI is InChI=1S/C15H17NO3/c1-9-8-10-12(16-9)5-4-11(13(10)17)15(14(18)19)6-2-3-7-15/h4-5,8,16-17H,2-3,6-7H2,1H3,(H,18,19). The highest BCUT2D eigenvalue weighted by Gasteiger charge is 2.44. The van der Waals surface area contributed by atoms with E-state index in [2.05, 4.69) is 4.98 Å². The van der Waals surface area contributed by atoms with Crippen LogP contribution in [0.15, 0.2) is 18.2 Å². The molecule has 1 aromatic carbocycles. The smallest absolute Gasteiger partial charge is 0.314 e. The lowest BCUT2D eigenvalue weighted by atomic mass is 9.78. The summed E-state index contributed by atoms with van der Waals surface area (Å²) in [6, 6.07) is 5.48.